The second-order valence-electron chi connectivity index (χ2n) is 4.29. The molecule has 2 N–H and O–H groups in total. The zero-order valence-electron chi connectivity index (χ0n) is 9.71. The molecule has 2 unspecified atom stereocenters. The Hall–Kier alpha value is -1.74. The van der Waals surface area contributed by atoms with Gasteiger partial charge < -0.3 is 15.1 Å². The highest BCUT2D eigenvalue weighted by Gasteiger charge is 2.37. The maximum atomic E-state index is 13.4. The van der Waals surface area contributed by atoms with Gasteiger partial charge in [-0.1, -0.05) is 0 Å². The number of aliphatic hydroxyl groups is 2. The number of benzene rings is 1. The number of aliphatic hydroxyl groups excluding tert-OH is 2. The normalized spacial score (nSPS) is 22.4. The highest BCUT2D eigenvalue weighted by atomic mass is 19.2. The van der Waals surface area contributed by atoms with Gasteiger partial charge >= 0.3 is 0 Å². The van der Waals surface area contributed by atoms with Gasteiger partial charge in [-0.15, -0.1) is 0 Å². The van der Waals surface area contributed by atoms with Crippen molar-refractivity contribution in [3.05, 3.63) is 34.6 Å². The molecule has 0 spiro atoms. The number of halogens is 5. The van der Waals surface area contributed by atoms with Gasteiger partial charge in [-0.25, -0.2) is 22.0 Å². The molecular weight excluding hydrogens is 289 g/mol. The van der Waals surface area contributed by atoms with Crippen LogP contribution in [0.1, 0.15) is 10.4 Å². The molecule has 1 amide bonds. The van der Waals surface area contributed by atoms with Gasteiger partial charge in [0, 0.05) is 13.1 Å². The molecule has 0 saturated carbocycles. The van der Waals surface area contributed by atoms with Crippen molar-refractivity contribution in [2.24, 2.45) is 0 Å². The first-order valence-electron chi connectivity index (χ1n) is 5.42. The minimum atomic E-state index is -2.36. The van der Waals surface area contributed by atoms with E-state index in [0.29, 0.717) is 4.90 Å². The zero-order chi connectivity index (χ0) is 15.2. The third kappa shape index (κ3) is 2.12. The second kappa shape index (κ2) is 4.98. The van der Waals surface area contributed by atoms with Gasteiger partial charge in [-0.05, 0) is 0 Å². The minimum Gasteiger partial charge on any atom is -0.388 e. The first-order valence-corrected chi connectivity index (χ1v) is 5.42. The Balaban J connectivity index is 2.46. The van der Waals surface area contributed by atoms with Crippen LogP contribution in [0.4, 0.5) is 22.0 Å². The van der Waals surface area contributed by atoms with Crippen LogP contribution in [-0.4, -0.2) is 46.3 Å². The van der Waals surface area contributed by atoms with Crippen LogP contribution in [0.3, 0.4) is 0 Å². The summed E-state index contributed by atoms with van der Waals surface area (Å²) < 4.78 is 65.6. The van der Waals surface area contributed by atoms with E-state index >= 15 is 0 Å². The Labute approximate surface area is 109 Å². The lowest BCUT2D eigenvalue weighted by Gasteiger charge is -2.16. The molecule has 1 aromatic carbocycles. The van der Waals surface area contributed by atoms with Crippen molar-refractivity contribution in [2.75, 3.05) is 13.1 Å². The molecule has 110 valence electrons. The number of rotatable bonds is 1. The first kappa shape index (κ1) is 14.7. The molecule has 1 heterocycles. The number of likely N-dealkylation sites (tertiary alicyclic amines) is 1. The average Bonchev–Trinajstić information content (AvgIpc) is 2.74. The topological polar surface area (TPSA) is 60.8 Å². The van der Waals surface area contributed by atoms with E-state index in [0.717, 1.165) is 0 Å². The molecule has 9 heteroatoms. The molecule has 0 aromatic heterocycles. The molecule has 20 heavy (non-hydrogen) atoms. The van der Waals surface area contributed by atoms with Crippen molar-refractivity contribution in [3.63, 3.8) is 0 Å². The van der Waals surface area contributed by atoms with Gasteiger partial charge in [0.15, 0.2) is 23.3 Å². The SMILES string of the molecule is O=C(c1c(F)c(F)c(F)c(F)c1F)N1CC(O)C(O)C1. The van der Waals surface area contributed by atoms with Crippen LogP contribution in [0.5, 0.6) is 0 Å². The lowest BCUT2D eigenvalue weighted by Crippen LogP contribution is -2.32. The molecule has 0 aliphatic carbocycles. The third-order valence-corrected chi connectivity index (χ3v) is 2.97. The molecule has 1 saturated heterocycles. The van der Waals surface area contributed by atoms with Gasteiger partial charge in [0.05, 0.1) is 12.2 Å². The predicted molar refractivity (Wildman–Crippen MR) is 54.1 cm³/mol. The number of carbonyl (C=O) groups is 1. The van der Waals surface area contributed by atoms with E-state index in [9.17, 15) is 37.0 Å². The molecule has 0 radical (unpaired) electrons. The quantitative estimate of drug-likeness (QED) is 0.452. The fourth-order valence-corrected chi connectivity index (χ4v) is 1.89. The van der Waals surface area contributed by atoms with Crippen molar-refractivity contribution in [1.82, 2.24) is 4.90 Å². The van der Waals surface area contributed by atoms with E-state index < -0.39 is 65.9 Å². The fourth-order valence-electron chi connectivity index (χ4n) is 1.89. The molecular formula is C11H8F5NO3. The standard InChI is InChI=1S/C11H8F5NO3/c12-6-5(7(13)9(15)10(16)8(6)14)11(20)17-1-3(18)4(19)2-17/h3-4,18-19H,1-2H2. The summed E-state index contributed by atoms with van der Waals surface area (Å²) in [5.74, 6) is -12.8. The molecule has 1 aromatic rings. The van der Waals surface area contributed by atoms with Crippen molar-refractivity contribution in [3.8, 4) is 0 Å². The number of nitrogens with zero attached hydrogens (tertiary/aromatic N) is 1. The summed E-state index contributed by atoms with van der Waals surface area (Å²) in [5, 5.41) is 18.4. The summed E-state index contributed by atoms with van der Waals surface area (Å²) in [4.78, 5) is 12.4. The molecule has 4 nitrogen and oxygen atoms in total. The maximum absolute atomic E-state index is 13.4. The average molecular weight is 297 g/mol. The van der Waals surface area contributed by atoms with E-state index in [1.165, 1.54) is 0 Å². The van der Waals surface area contributed by atoms with Crippen molar-refractivity contribution >= 4 is 5.91 Å². The molecule has 2 atom stereocenters. The maximum Gasteiger partial charge on any atom is 0.260 e. The number of β-amino-alcohol motifs (C(OH)–C–C–N with tert-alkyl or cyclic N) is 2. The predicted octanol–water partition coefficient (Wildman–Crippen LogP) is 0.560. The number of hydrogen-bond acceptors (Lipinski definition) is 3. The Morgan fingerprint density at radius 2 is 1.20 bits per heavy atom. The largest absolute Gasteiger partial charge is 0.388 e. The van der Waals surface area contributed by atoms with Crippen molar-refractivity contribution in [2.45, 2.75) is 12.2 Å². The van der Waals surface area contributed by atoms with E-state index in [1.807, 2.05) is 0 Å². The highest BCUT2D eigenvalue weighted by molar-refractivity contribution is 5.95. The second-order valence-corrected chi connectivity index (χ2v) is 4.29. The van der Waals surface area contributed by atoms with Crippen LogP contribution >= 0.6 is 0 Å². The summed E-state index contributed by atoms with van der Waals surface area (Å²) in [7, 11) is 0. The van der Waals surface area contributed by atoms with Crippen LogP contribution in [0.2, 0.25) is 0 Å². The number of hydrogen-bond donors (Lipinski definition) is 2. The van der Waals surface area contributed by atoms with E-state index in [-0.39, 0.29) is 0 Å². The first-order chi connectivity index (χ1) is 9.25. The highest BCUT2D eigenvalue weighted by Crippen LogP contribution is 2.25. The lowest BCUT2D eigenvalue weighted by molar-refractivity contribution is 0.0572. The van der Waals surface area contributed by atoms with Gasteiger partial charge in [-0.3, -0.25) is 4.79 Å². The monoisotopic (exact) mass is 297 g/mol. The van der Waals surface area contributed by atoms with E-state index in [1.54, 1.807) is 0 Å². The van der Waals surface area contributed by atoms with Crippen LogP contribution in [0, 0.1) is 29.1 Å². The van der Waals surface area contributed by atoms with Gasteiger partial charge in [0.1, 0.15) is 5.56 Å². The Kier molecular flexibility index (Phi) is 3.65. The van der Waals surface area contributed by atoms with Crippen molar-refractivity contribution < 1.29 is 37.0 Å². The molecule has 0 bridgehead atoms. The molecule has 1 aliphatic rings. The summed E-state index contributed by atoms with van der Waals surface area (Å²) in [5.41, 5.74) is -1.61. The van der Waals surface area contributed by atoms with Crippen LogP contribution in [0.25, 0.3) is 0 Å². The summed E-state index contributed by atoms with van der Waals surface area (Å²) in [6.07, 6.45) is -2.69. The number of amides is 1. The summed E-state index contributed by atoms with van der Waals surface area (Å²) in [6.45, 7) is -0.945. The van der Waals surface area contributed by atoms with Gasteiger partial charge in [0.25, 0.3) is 5.91 Å². The molecule has 2 rings (SSSR count). The van der Waals surface area contributed by atoms with E-state index in [4.69, 9.17) is 0 Å². The van der Waals surface area contributed by atoms with Crippen LogP contribution < -0.4 is 0 Å². The number of carbonyl (C=O) groups excluding carboxylic acids is 1. The van der Waals surface area contributed by atoms with E-state index in [2.05, 4.69) is 0 Å². The smallest absolute Gasteiger partial charge is 0.260 e. The Bertz CT molecular complexity index is 541. The van der Waals surface area contributed by atoms with Gasteiger partial charge in [0.2, 0.25) is 5.82 Å². The zero-order valence-corrected chi connectivity index (χ0v) is 9.71. The summed E-state index contributed by atoms with van der Waals surface area (Å²) in [6, 6.07) is 0. The van der Waals surface area contributed by atoms with Gasteiger partial charge in [-0.2, -0.15) is 0 Å². The molecule has 1 fully saturated rings. The summed E-state index contributed by atoms with van der Waals surface area (Å²) >= 11 is 0. The molecule has 1 aliphatic heterocycles. The Morgan fingerprint density at radius 1 is 0.850 bits per heavy atom. The minimum absolute atomic E-state index is 0.473. The third-order valence-electron chi connectivity index (χ3n) is 2.97. The lowest BCUT2D eigenvalue weighted by atomic mass is 10.1. The van der Waals surface area contributed by atoms with Crippen LogP contribution in [0.15, 0.2) is 0 Å². The van der Waals surface area contributed by atoms with Crippen LogP contribution in [-0.2, 0) is 0 Å². The fraction of sp³-hybridized carbons (Fsp3) is 0.364. The Morgan fingerprint density at radius 3 is 1.60 bits per heavy atom. The van der Waals surface area contributed by atoms with Crippen molar-refractivity contribution in [1.29, 1.82) is 0 Å².